The monoisotopic (exact) mass is 333 g/mol. The van der Waals surface area contributed by atoms with Crippen LogP contribution < -0.4 is 0 Å². The van der Waals surface area contributed by atoms with E-state index >= 15 is 0 Å². The van der Waals surface area contributed by atoms with E-state index in [0.29, 0.717) is 18.4 Å². The quantitative estimate of drug-likeness (QED) is 0.636. The Morgan fingerprint density at radius 1 is 1.35 bits per heavy atom. The Balaban J connectivity index is 1.79. The Hall–Kier alpha value is -1.62. The van der Waals surface area contributed by atoms with Crippen molar-refractivity contribution in [2.24, 2.45) is 17.8 Å². The first-order valence-electron chi connectivity index (χ1n) is 8.34. The van der Waals surface area contributed by atoms with Crippen molar-refractivity contribution >= 4 is 28.6 Å². The van der Waals surface area contributed by atoms with E-state index in [0.717, 1.165) is 23.9 Å². The summed E-state index contributed by atoms with van der Waals surface area (Å²) in [5.74, 6) is 0.776. The summed E-state index contributed by atoms with van der Waals surface area (Å²) < 4.78 is 7.53. The van der Waals surface area contributed by atoms with Gasteiger partial charge in [0, 0.05) is 17.8 Å². The molecule has 6 heteroatoms. The summed E-state index contributed by atoms with van der Waals surface area (Å²) in [6, 6.07) is 2.11. The maximum absolute atomic E-state index is 12.6. The standard InChI is InChI=1S/C17H20ClN3O2/c1-2-23-16(22)13-10-3-5-11(6-4-10)14(13)21-8-7-12-9-19-17(18)20-15(12)21/h7-11,13-14H,2-6H2,1H3/t10?,11?,13-,14-/m0/s1. The van der Waals surface area contributed by atoms with Gasteiger partial charge in [-0.1, -0.05) is 0 Å². The van der Waals surface area contributed by atoms with Gasteiger partial charge in [0.05, 0.1) is 18.6 Å². The topological polar surface area (TPSA) is 57.0 Å². The molecule has 5 rings (SSSR count). The van der Waals surface area contributed by atoms with Gasteiger partial charge < -0.3 is 9.30 Å². The molecule has 2 atom stereocenters. The highest BCUT2D eigenvalue weighted by molar-refractivity contribution is 6.28. The lowest BCUT2D eigenvalue weighted by Gasteiger charge is -2.47. The summed E-state index contributed by atoms with van der Waals surface area (Å²) in [4.78, 5) is 21.0. The minimum atomic E-state index is -0.0770. The van der Waals surface area contributed by atoms with Crippen molar-refractivity contribution < 1.29 is 9.53 Å². The number of nitrogens with zero attached hydrogens (tertiary/aromatic N) is 3. The van der Waals surface area contributed by atoms with Crippen LogP contribution >= 0.6 is 11.6 Å². The fraction of sp³-hybridized carbons (Fsp3) is 0.588. The van der Waals surface area contributed by atoms with Crippen molar-refractivity contribution in [3.63, 3.8) is 0 Å². The van der Waals surface area contributed by atoms with E-state index in [2.05, 4.69) is 14.5 Å². The van der Waals surface area contributed by atoms with Gasteiger partial charge in [-0.2, -0.15) is 4.98 Å². The lowest BCUT2D eigenvalue weighted by Crippen LogP contribution is -2.45. The van der Waals surface area contributed by atoms with E-state index in [4.69, 9.17) is 16.3 Å². The van der Waals surface area contributed by atoms with Gasteiger partial charge in [-0.3, -0.25) is 4.79 Å². The van der Waals surface area contributed by atoms with Gasteiger partial charge in [-0.05, 0) is 62.1 Å². The van der Waals surface area contributed by atoms with Crippen LogP contribution in [-0.4, -0.2) is 27.1 Å². The first-order chi connectivity index (χ1) is 11.2. The van der Waals surface area contributed by atoms with Gasteiger partial charge in [0.2, 0.25) is 5.28 Å². The Kier molecular flexibility index (Phi) is 3.76. The smallest absolute Gasteiger partial charge is 0.311 e. The molecule has 0 saturated heterocycles. The molecule has 5 nitrogen and oxygen atoms in total. The van der Waals surface area contributed by atoms with Crippen LogP contribution in [0.15, 0.2) is 18.5 Å². The average molecular weight is 334 g/mol. The molecule has 2 bridgehead atoms. The van der Waals surface area contributed by atoms with Crippen LogP contribution in [0.5, 0.6) is 0 Å². The number of hydrogen-bond acceptors (Lipinski definition) is 4. The number of hydrogen-bond donors (Lipinski definition) is 0. The maximum atomic E-state index is 12.6. The van der Waals surface area contributed by atoms with Crippen LogP contribution in [0.4, 0.5) is 0 Å². The first kappa shape index (κ1) is 14.9. The zero-order valence-electron chi connectivity index (χ0n) is 13.1. The SMILES string of the molecule is CCOC(=O)[C@H]1C2CCC(CC2)[C@@H]1n1ccc2cnc(Cl)nc21. The Labute approximate surface area is 140 Å². The van der Waals surface area contributed by atoms with Gasteiger partial charge in [-0.15, -0.1) is 0 Å². The van der Waals surface area contributed by atoms with E-state index in [1.54, 1.807) is 6.20 Å². The van der Waals surface area contributed by atoms with Gasteiger partial charge >= 0.3 is 5.97 Å². The van der Waals surface area contributed by atoms with Crippen molar-refractivity contribution in [3.05, 3.63) is 23.7 Å². The molecule has 0 aromatic carbocycles. The second kappa shape index (κ2) is 5.78. The lowest BCUT2D eigenvalue weighted by molar-refractivity contribution is -0.157. The van der Waals surface area contributed by atoms with Crippen LogP contribution in [0.2, 0.25) is 5.28 Å². The summed E-state index contributed by atoms with van der Waals surface area (Å²) in [7, 11) is 0. The molecule has 3 saturated carbocycles. The third-order valence-electron chi connectivity index (χ3n) is 5.48. The molecule has 122 valence electrons. The summed E-state index contributed by atoms with van der Waals surface area (Å²) in [6.07, 6.45) is 8.35. The molecule has 0 N–H and O–H groups in total. The number of esters is 1. The van der Waals surface area contributed by atoms with Crippen LogP contribution in [0.25, 0.3) is 11.0 Å². The summed E-state index contributed by atoms with van der Waals surface area (Å²) in [5.41, 5.74) is 0.817. The third-order valence-corrected chi connectivity index (χ3v) is 5.66. The van der Waals surface area contributed by atoms with Gasteiger partial charge in [0.25, 0.3) is 0 Å². The molecule has 0 amide bonds. The molecular formula is C17H20ClN3O2. The molecule has 0 unspecified atom stereocenters. The molecule has 3 fully saturated rings. The number of ether oxygens (including phenoxy) is 1. The number of aromatic nitrogens is 3. The van der Waals surface area contributed by atoms with Gasteiger partial charge in [0.15, 0.2) is 0 Å². The maximum Gasteiger partial charge on any atom is 0.311 e. The summed E-state index contributed by atoms with van der Waals surface area (Å²) >= 11 is 5.99. The van der Waals surface area contributed by atoms with Crippen LogP contribution in [0, 0.1) is 17.8 Å². The van der Waals surface area contributed by atoms with E-state index in [1.165, 1.54) is 12.8 Å². The first-order valence-corrected chi connectivity index (χ1v) is 8.72. The normalized spacial score (nSPS) is 29.8. The molecule has 2 aromatic heterocycles. The second-order valence-corrected chi connectivity index (χ2v) is 6.92. The molecule has 3 aliphatic rings. The van der Waals surface area contributed by atoms with Crippen molar-refractivity contribution in [2.45, 2.75) is 38.6 Å². The Bertz CT molecular complexity index is 737. The second-order valence-electron chi connectivity index (χ2n) is 6.58. The fourth-order valence-corrected chi connectivity index (χ4v) is 4.67. The lowest BCUT2D eigenvalue weighted by atomic mass is 9.61. The van der Waals surface area contributed by atoms with Crippen LogP contribution in [0.1, 0.15) is 38.6 Å². The molecule has 3 aliphatic carbocycles. The molecule has 0 spiro atoms. The predicted octanol–water partition coefficient (Wildman–Crippen LogP) is 3.63. The number of carbonyl (C=O) groups is 1. The van der Waals surface area contributed by atoms with E-state index < -0.39 is 0 Å². The molecule has 2 heterocycles. The van der Waals surface area contributed by atoms with Gasteiger partial charge in [0.1, 0.15) is 5.65 Å². The Morgan fingerprint density at radius 2 is 2.09 bits per heavy atom. The minimum Gasteiger partial charge on any atom is -0.466 e. The third kappa shape index (κ3) is 2.42. The highest BCUT2D eigenvalue weighted by Crippen LogP contribution is 2.52. The van der Waals surface area contributed by atoms with Crippen molar-refractivity contribution in [1.82, 2.24) is 14.5 Å². The summed E-state index contributed by atoms with van der Waals surface area (Å²) in [6.45, 7) is 2.30. The van der Waals surface area contributed by atoms with Gasteiger partial charge in [-0.25, -0.2) is 4.98 Å². The summed E-state index contributed by atoms with van der Waals surface area (Å²) in [5, 5.41) is 1.20. The number of halogens is 1. The van der Waals surface area contributed by atoms with Crippen molar-refractivity contribution in [2.75, 3.05) is 6.61 Å². The largest absolute Gasteiger partial charge is 0.466 e. The van der Waals surface area contributed by atoms with E-state index in [-0.39, 0.29) is 23.2 Å². The number of rotatable bonds is 3. The molecule has 0 radical (unpaired) electrons. The fourth-order valence-electron chi connectivity index (χ4n) is 4.55. The molecule has 0 aliphatic heterocycles. The zero-order chi connectivity index (χ0) is 16.0. The van der Waals surface area contributed by atoms with E-state index in [9.17, 15) is 4.79 Å². The Morgan fingerprint density at radius 3 is 2.83 bits per heavy atom. The highest BCUT2D eigenvalue weighted by atomic mass is 35.5. The minimum absolute atomic E-state index is 0.0612. The molecule has 23 heavy (non-hydrogen) atoms. The molecular weight excluding hydrogens is 314 g/mol. The van der Waals surface area contributed by atoms with Crippen LogP contribution in [-0.2, 0) is 9.53 Å². The zero-order valence-corrected chi connectivity index (χ0v) is 13.9. The molecule has 2 aromatic rings. The number of carbonyl (C=O) groups excluding carboxylic acids is 1. The van der Waals surface area contributed by atoms with Crippen molar-refractivity contribution in [3.8, 4) is 0 Å². The number of fused-ring (bicyclic) bond motifs is 4. The van der Waals surface area contributed by atoms with Crippen molar-refractivity contribution in [1.29, 1.82) is 0 Å². The van der Waals surface area contributed by atoms with Crippen LogP contribution in [0.3, 0.4) is 0 Å². The highest BCUT2D eigenvalue weighted by Gasteiger charge is 2.49. The average Bonchev–Trinajstić information content (AvgIpc) is 2.98. The van der Waals surface area contributed by atoms with E-state index in [1.807, 2.05) is 19.2 Å². The predicted molar refractivity (Wildman–Crippen MR) is 87.1 cm³/mol.